The number of thiazole rings is 1. The molecule has 1 amide bonds. The molecule has 20 heavy (non-hydrogen) atoms. The van der Waals surface area contributed by atoms with E-state index in [4.69, 9.17) is 4.42 Å². The summed E-state index contributed by atoms with van der Waals surface area (Å²) in [7, 11) is 0. The summed E-state index contributed by atoms with van der Waals surface area (Å²) in [5.41, 5.74) is 1.16. The number of hydrogen-bond acceptors (Lipinski definition) is 5. The zero-order valence-corrected chi connectivity index (χ0v) is 12.4. The molecule has 0 aliphatic rings. The molecule has 3 aromatic rings. The Labute approximate surface area is 126 Å². The minimum Gasteiger partial charge on any atom is -0.463 e. The molecule has 0 aliphatic carbocycles. The van der Waals surface area contributed by atoms with Crippen molar-refractivity contribution in [2.24, 2.45) is 0 Å². The first-order valence-electron chi connectivity index (χ1n) is 5.64. The van der Waals surface area contributed by atoms with Gasteiger partial charge in [0.1, 0.15) is 5.69 Å². The van der Waals surface area contributed by atoms with Gasteiger partial charge in [0.25, 0.3) is 5.91 Å². The van der Waals surface area contributed by atoms with Crippen LogP contribution in [0.1, 0.15) is 10.4 Å². The minimum absolute atomic E-state index is 0.251. The molecule has 1 N–H and O–H groups in total. The second kappa shape index (κ2) is 5.56. The summed E-state index contributed by atoms with van der Waals surface area (Å²) < 4.78 is 6.00. The number of aromatic nitrogens is 2. The largest absolute Gasteiger partial charge is 0.463 e. The van der Waals surface area contributed by atoms with E-state index >= 15 is 0 Å². The quantitative estimate of drug-likeness (QED) is 0.780. The maximum Gasteiger partial charge on any atom is 0.259 e. The van der Waals surface area contributed by atoms with Gasteiger partial charge in [-0.1, -0.05) is 0 Å². The van der Waals surface area contributed by atoms with Crippen molar-refractivity contribution in [2.45, 2.75) is 0 Å². The first kappa shape index (κ1) is 13.0. The Morgan fingerprint density at radius 1 is 1.40 bits per heavy atom. The third kappa shape index (κ3) is 2.78. The Morgan fingerprint density at radius 2 is 2.30 bits per heavy atom. The van der Waals surface area contributed by atoms with Crippen LogP contribution in [0.25, 0.3) is 11.5 Å². The van der Waals surface area contributed by atoms with Crippen LogP contribution in [-0.4, -0.2) is 15.9 Å². The van der Waals surface area contributed by atoms with E-state index in [1.54, 1.807) is 24.6 Å². The molecule has 3 heterocycles. The second-order valence-corrected chi connectivity index (χ2v) is 5.63. The van der Waals surface area contributed by atoms with E-state index in [1.807, 2.05) is 11.4 Å². The van der Waals surface area contributed by atoms with E-state index < -0.39 is 0 Å². The first-order chi connectivity index (χ1) is 9.72. The van der Waals surface area contributed by atoms with E-state index in [2.05, 4.69) is 31.2 Å². The predicted molar refractivity (Wildman–Crippen MR) is 79.7 cm³/mol. The van der Waals surface area contributed by atoms with E-state index in [0.29, 0.717) is 22.1 Å². The van der Waals surface area contributed by atoms with Gasteiger partial charge in [-0.05, 0) is 34.1 Å². The number of pyridine rings is 1. The number of furan rings is 1. The predicted octanol–water partition coefficient (Wildman–Crippen LogP) is 3.81. The molecule has 5 nitrogen and oxygen atoms in total. The maximum absolute atomic E-state index is 12.0. The van der Waals surface area contributed by atoms with Gasteiger partial charge in [0.15, 0.2) is 10.9 Å². The summed E-state index contributed by atoms with van der Waals surface area (Å²) in [6, 6.07) is 5.31. The van der Waals surface area contributed by atoms with Crippen LogP contribution >= 0.6 is 27.3 Å². The summed E-state index contributed by atoms with van der Waals surface area (Å²) in [6.07, 6.45) is 4.70. The smallest absolute Gasteiger partial charge is 0.259 e. The lowest BCUT2D eigenvalue weighted by molar-refractivity contribution is 0.102. The summed E-state index contributed by atoms with van der Waals surface area (Å²) in [5.74, 6) is 0.421. The number of anilines is 1. The summed E-state index contributed by atoms with van der Waals surface area (Å²) in [4.78, 5) is 20.3. The number of carbonyl (C=O) groups excluding carboxylic acids is 1. The van der Waals surface area contributed by atoms with Crippen molar-refractivity contribution in [2.75, 3.05) is 5.32 Å². The van der Waals surface area contributed by atoms with E-state index in [-0.39, 0.29) is 5.91 Å². The molecule has 0 radical (unpaired) electrons. The third-order valence-electron chi connectivity index (χ3n) is 2.47. The standard InChI is InChI=1S/C13H8BrN3O2S/c14-9-4-8(5-15-6-9)12(18)17-13-16-10(7-20-13)11-2-1-3-19-11/h1-7H,(H,16,17,18). The number of hydrogen-bond donors (Lipinski definition) is 1. The monoisotopic (exact) mass is 349 g/mol. The molecule has 0 atom stereocenters. The minimum atomic E-state index is -0.251. The van der Waals surface area contributed by atoms with Crippen LogP contribution in [0, 0.1) is 0 Å². The Morgan fingerprint density at radius 3 is 3.05 bits per heavy atom. The Bertz CT molecular complexity index is 740. The molecule has 3 aromatic heterocycles. The number of rotatable bonds is 3. The van der Waals surface area contributed by atoms with Gasteiger partial charge in [0.05, 0.1) is 11.8 Å². The van der Waals surface area contributed by atoms with Crippen molar-refractivity contribution in [3.8, 4) is 11.5 Å². The molecule has 0 saturated heterocycles. The average molecular weight is 350 g/mol. The summed E-state index contributed by atoms with van der Waals surface area (Å²) in [6.45, 7) is 0. The topological polar surface area (TPSA) is 68.0 Å². The van der Waals surface area contributed by atoms with Crippen molar-refractivity contribution in [3.05, 3.63) is 52.3 Å². The second-order valence-electron chi connectivity index (χ2n) is 3.86. The maximum atomic E-state index is 12.0. The van der Waals surface area contributed by atoms with Crippen molar-refractivity contribution in [1.29, 1.82) is 0 Å². The Kier molecular flexibility index (Phi) is 3.62. The highest BCUT2D eigenvalue weighted by Gasteiger charge is 2.11. The molecular weight excluding hydrogens is 342 g/mol. The van der Waals surface area contributed by atoms with Crippen LogP contribution < -0.4 is 5.32 Å². The van der Waals surface area contributed by atoms with Gasteiger partial charge in [-0.25, -0.2) is 4.98 Å². The number of carbonyl (C=O) groups is 1. The SMILES string of the molecule is O=C(Nc1nc(-c2ccco2)cs1)c1cncc(Br)c1. The molecule has 3 rings (SSSR count). The van der Waals surface area contributed by atoms with Crippen LogP contribution in [0.2, 0.25) is 0 Å². The van der Waals surface area contributed by atoms with Crippen molar-refractivity contribution in [3.63, 3.8) is 0 Å². The lowest BCUT2D eigenvalue weighted by atomic mass is 10.3. The van der Waals surface area contributed by atoms with Crippen LogP contribution in [-0.2, 0) is 0 Å². The van der Waals surface area contributed by atoms with Crippen molar-refractivity contribution >= 4 is 38.3 Å². The van der Waals surface area contributed by atoms with Gasteiger partial charge in [0.2, 0.25) is 0 Å². The van der Waals surface area contributed by atoms with Crippen LogP contribution in [0.5, 0.6) is 0 Å². The van der Waals surface area contributed by atoms with Gasteiger partial charge >= 0.3 is 0 Å². The van der Waals surface area contributed by atoms with Crippen LogP contribution in [0.4, 0.5) is 5.13 Å². The van der Waals surface area contributed by atoms with Crippen LogP contribution in [0.3, 0.4) is 0 Å². The molecule has 0 fully saturated rings. The number of halogens is 1. The highest BCUT2D eigenvalue weighted by molar-refractivity contribution is 9.10. The van der Waals surface area contributed by atoms with Crippen molar-refractivity contribution in [1.82, 2.24) is 9.97 Å². The van der Waals surface area contributed by atoms with E-state index in [0.717, 1.165) is 4.47 Å². The van der Waals surface area contributed by atoms with Crippen molar-refractivity contribution < 1.29 is 9.21 Å². The van der Waals surface area contributed by atoms with E-state index in [9.17, 15) is 4.79 Å². The third-order valence-corrected chi connectivity index (χ3v) is 3.66. The first-order valence-corrected chi connectivity index (χ1v) is 7.31. The molecule has 0 bridgehead atoms. The van der Waals surface area contributed by atoms with Gasteiger partial charge < -0.3 is 4.42 Å². The molecule has 0 aliphatic heterocycles. The molecule has 0 spiro atoms. The fourth-order valence-electron chi connectivity index (χ4n) is 1.57. The zero-order chi connectivity index (χ0) is 13.9. The fraction of sp³-hybridized carbons (Fsp3) is 0. The summed E-state index contributed by atoms with van der Waals surface area (Å²) >= 11 is 4.62. The number of nitrogens with zero attached hydrogens (tertiary/aromatic N) is 2. The Hall–Kier alpha value is -1.99. The van der Waals surface area contributed by atoms with Gasteiger partial charge in [-0.15, -0.1) is 11.3 Å². The zero-order valence-electron chi connectivity index (χ0n) is 10.0. The highest BCUT2D eigenvalue weighted by atomic mass is 79.9. The average Bonchev–Trinajstić information content (AvgIpc) is 3.08. The van der Waals surface area contributed by atoms with Gasteiger partial charge in [0, 0.05) is 22.2 Å². The highest BCUT2D eigenvalue weighted by Crippen LogP contribution is 2.25. The van der Waals surface area contributed by atoms with E-state index in [1.165, 1.54) is 17.5 Å². The molecule has 0 unspecified atom stereocenters. The molecule has 0 saturated carbocycles. The lowest BCUT2D eigenvalue weighted by Crippen LogP contribution is -2.11. The van der Waals surface area contributed by atoms with Gasteiger partial charge in [-0.3, -0.25) is 15.1 Å². The molecule has 0 aromatic carbocycles. The Balaban J connectivity index is 1.77. The number of nitrogens with one attached hydrogen (secondary N) is 1. The molecule has 7 heteroatoms. The van der Waals surface area contributed by atoms with Crippen LogP contribution in [0.15, 0.2) is 51.1 Å². The lowest BCUT2D eigenvalue weighted by Gasteiger charge is -2.01. The number of amides is 1. The fourth-order valence-corrected chi connectivity index (χ4v) is 2.63. The normalized spacial score (nSPS) is 10.4. The molecular formula is C13H8BrN3O2S. The summed E-state index contributed by atoms with van der Waals surface area (Å²) in [5, 5.41) is 5.08. The van der Waals surface area contributed by atoms with Gasteiger partial charge in [-0.2, -0.15) is 0 Å². The molecule has 100 valence electrons.